The molecule has 0 atom stereocenters. The van der Waals surface area contributed by atoms with E-state index in [0.717, 1.165) is 25.2 Å². The van der Waals surface area contributed by atoms with Gasteiger partial charge in [0.05, 0.1) is 0 Å². The number of hydrogen-bond donors (Lipinski definition) is 1. The second-order valence-corrected chi connectivity index (χ2v) is 3.17. The first-order valence-electron chi connectivity index (χ1n) is 4.98. The molecule has 0 aliphatic heterocycles. The number of hydrogen-bond acceptors (Lipinski definition) is 2. The summed E-state index contributed by atoms with van der Waals surface area (Å²) in [5, 5.41) is 2.61. The molecule has 1 heterocycles. The Bertz CT molecular complexity index is 293. The molecule has 0 bridgehead atoms. The topological polar surface area (TPSA) is 46.9 Å². The summed E-state index contributed by atoms with van der Waals surface area (Å²) in [5.41, 5.74) is 0. The lowest BCUT2D eigenvalue weighted by Gasteiger charge is -2.05. The Hall–Kier alpha value is -1.32. The van der Waals surface area contributed by atoms with Crippen molar-refractivity contribution in [3.63, 3.8) is 0 Å². The third kappa shape index (κ3) is 2.87. The van der Waals surface area contributed by atoms with Crippen LogP contribution in [0.15, 0.2) is 12.4 Å². The standard InChI is InChI=1S/C10H17N3O/c1-3-9-12-6-8-13(9)7-4-5-10(14)11-2/h6,8H,3-5,7H2,1-2H3,(H,11,14). The lowest BCUT2D eigenvalue weighted by molar-refractivity contribution is -0.120. The van der Waals surface area contributed by atoms with Gasteiger partial charge in [-0.3, -0.25) is 4.79 Å². The van der Waals surface area contributed by atoms with Crippen LogP contribution in [0, 0.1) is 0 Å². The van der Waals surface area contributed by atoms with Crippen molar-refractivity contribution >= 4 is 5.91 Å². The number of nitrogens with one attached hydrogen (secondary N) is 1. The average molecular weight is 195 g/mol. The van der Waals surface area contributed by atoms with Crippen LogP contribution in [0.5, 0.6) is 0 Å². The zero-order valence-corrected chi connectivity index (χ0v) is 8.79. The molecule has 78 valence electrons. The van der Waals surface area contributed by atoms with E-state index in [4.69, 9.17) is 0 Å². The molecule has 1 N–H and O–H groups in total. The minimum Gasteiger partial charge on any atom is -0.359 e. The van der Waals surface area contributed by atoms with E-state index in [2.05, 4.69) is 21.8 Å². The van der Waals surface area contributed by atoms with Crippen molar-refractivity contribution in [2.75, 3.05) is 7.05 Å². The smallest absolute Gasteiger partial charge is 0.219 e. The molecule has 4 nitrogen and oxygen atoms in total. The predicted octanol–water partition coefficient (Wildman–Crippen LogP) is 0.972. The van der Waals surface area contributed by atoms with E-state index in [1.165, 1.54) is 0 Å². The Labute approximate surface area is 84.3 Å². The van der Waals surface area contributed by atoms with Crippen LogP contribution in [-0.2, 0) is 17.8 Å². The monoisotopic (exact) mass is 195 g/mol. The Kier molecular flexibility index (Phi) is 4.16. The summed E-state index contributed by atoms with van der Waals surface area (Å²) in [4.78, 5) is 15.2. The highest BCUT2D eigenvalue weighted by atomic mass is 16.1. The molecule has 14 heavy (non-hydrogen) atoms. The molecule has 1 aromatic heterocycles. The van der Waals surface area contributed by atoms with Gasteiger partial charge >= 0.3 is 0 Å². The molecule has 0 aliphatic carbocycles. The third-order valence-corrected chi connectivity index (χ3v) is 2.20. The fourth-order valence-electron chi connectivity index (χ4n) is 1.39. The van der Waals surface area contributed by atoms with E-state index < -0.39 is 0 Å². The Balaban J connectivity index is 2.34. The van der Waals surface area contributed by atoms with E-state index in [9.17, 15) is 4.79 Å². The lowest BCUT2D eigenvalue weighted by atomic mass is 10.3. The van der Waals surface area contributed by atoms with E-state index in [1.54, 1.807) is 13.2 Å². The van der Waals surface area contributed by atoms with Crippen LogP contribution in [0.4, 0.5) is 0 Å². The molecule has 1 rings (SSSR count). The Morgan fingerprint density at radius 3 is 3.07 bits per heavy atom. The first-order valence-corrected chi connectivity index (χ1v) is 4.98. The van der Waals surface area contributed by atoms with Crippen molar-refractivity contribution in [2.45, 2.75) is 32.7 Å². The van der Waals surface area contributed by atoms with Gasteiger partial charge in [-0.1, -0.05) is 6.92 Å². The normalized spacial score (nSPS) is 10.1. The summed E-state index contributed by atoms with van der Waals surface area (Å²) in [6.07, 6.45) is 6.15. The first-order chi connectivity index (χ1) is 6.77. The van der Waals surface area contributed by atoms with E-state index in [1.807, 2.05) is 6.20 Å². The van der Waals surface area contributed by atoms with E-state index >= 15 is 0 Å². The molecule has 1 aromatic rings. The number of rotatable bonds is 5. The average Bonchev–Trinajstić information content (AvgIpc) is 2.65. The molecular formula is C10H17N3O. The van der Waals surface area contributed by atoms with Crippen molar-refractivity contribution in [2.24, 2.45) is 0 Å². The minimum atomic E-state index is 0.100. The highest BCUT2D eigenvalue weighted by Crippen LogP contribution is 2.01. The van der Waals surface area contributed by atoms with Crippen LogP contribution in [0.1, 0.15) is 25.6 Å². The number of aromatic nitrogens is 2. The maximum Gasteiger partial charge on any atom is 0.219 e. The van der Waals surface area contributed by atoms with Crippen molar-refractivity contribution in [3.8, 4) is 0 Å². The van der Waals surface area contributed by atoms with Crippen LogP contribution in [-0.4, -0.2) is 22.5 Å². The fraction of sp³-hybridized carbons (Fsp3) is 0.600. The largest absolute Gasteiger partial charge is 0.359 e. The van der Waals surface area contributed by atoms with Crippen molar-refractivity contribution in [3.05, 3.63) is 18.2 Å². The van der Waals surface area contributed by atoms with E-state index in [0.29, 0.717) is 6.42 Å². The Morgan fingerprint density at radius 2 is 2.43 bits per heavy atom. The summed E-state index contributed by atoms with van der Waals surface area (Å²) >= 11 is 0. The highest BCUT2D eigenvalue weighted by Gasteiger charge is 2.01. The number of imidazole rings is 1. The van der Waals surface area contributed by atoms with Gasteiger partial charge < -0.3 is 9.88 Å². The zero-order chi connectivity index (χ0) is 10.4. The van der Waals surface area contributed by atoms with Crippen LogP contribution in [0.2, 0.25) is 0 Å². The lowest BCUT2D eigenvalue weighted by Crippen LogP contribution is -2.17. The van der Waals surface area contributed by atoms with Crippen LogP contribution >= 0.6 is 0 Å². The summed E-state index contributed by atoms with van der Waals surface area (Å²) in [7, 11) is 1.66. The minimum absolute atomic E-state index is 0.100. The van der Waals surface area contributed by atoms with Crippen molar-refractivity contribution < 1.29 is 4.79 Å². The number of carbonyl (C=O) groups is 1. The summed E-state index contributed by atoms with van der Waals surface area (Å²) < 4.78 is 2.10. The van der Waals surface area contributed by atoms with Crippen LogP contribution < -0.4 is 5.32 Å². The zero-order valence-electron chi connectivity index (χ0n) is 8.79. The SMILES string of the molecule is CCc1nccn1CCCC(=O)NC. The van der Waals surface area contributed by atoms with Gasteiger partial charge in [0.15, 0.2) is 0 Å². The van der Waals surface area contributed by atoms with Gasteiger partial charge in [0.1, 0.15) is 5.82 Å². The van der Waals surface area contributed by atoms with E-state index in [-0.39, 0.29) is 5.91 Å². The highest BCUT2D eigenvalue weighted by molar-refractivity contribution is 5.75. The molecule has 1 amide bonds. The molecule has 0 fully saturated rings. The van der Waals surface area contributed by atoms with Crippen LogP contribution in [0.25, 0.3) is 0 Å². The maximum absolute atomic E-state index is 11.0. The van der Waals surface area contributed by atoms with Gasteiger partial charge in [0.25, 0.3) is 0 Å². The summed E-state index contributed by atoms with van der Waals surface area (Å²) in [6.45, 7) is 2.95. The fourth-order valence-corrected chi connectivity index (χ4v) is 1.39. The van der Waals surface area contributed by atoms with Gasteiger partial charge in [-0.05, 0) is 6.42 Å². The molecule has 0 saturated heterocycles. The van der Waals surface area contributed by atoms with Gasteiger partial charge in [-0.25, -0.2) is 4.98 Å². The number of carbonyl (C=O) groups excluding carboxylic acids is 1. The van der Waals surface area contributed by atoms with Crippen molar-refractivity contribution in [1.29, 1.82) is 0 Å². The molecule has 4 heteroatoms. The quantitative estimate of drug-likeness (QED) is 0.761. The predicted molar refractivity (Wildman–Crippen MR) is 54.9 cm³/mol. The van der Waals surface area contributed by atoms with Crippen LogP contribution in [0.3, 0.4) is 0 Å². The van der Waals surface area contributed by atoms with Gasteiger partial charge in [-0.15, -0.1) is 0 Å². The number of aryl methyl sites for hydroxylation is 2. The molecule has 0 aromatic carbocycles. The van der Waals surface area contributed by atoms with Gasteiger partial charge in [0.2, 0.25) is 5.91 Å². The second-order valence-electron chi connectivity index (χ2n) is 3.17. The van der Waals surface area contributed by atoms with Crippen molar-refractivity contribution in [1.82, 2.24) is 14.9 Å². The Morgan fingerprint density at radius 1 is 1.64 bits per heavy atom. The molecule has 0 radical (unpaired) electrons. The van der Waals surface area contributed by atoms with Gasteiger partial charge in [0, 0.05) is 38.8 Å². The molecule has 0 spiro atoms. The molecule has 0 saturated carbocycles. The number of amides is 1. The maximum atomic E-state index is 11.0. The third-order valence-electron chi connectivity index (χ3n) is 2.20. The summed E-state index contributed by atoms with van der Waals surface area (Å²) in [6, 6.07) is 0. The molecule has 0 aliphatic rings. The molecule has 0 unspecified atom stereocenters. The first kappa shape index (κ1) is 10.8. The molecular weight excluding hydrogens is 178 g/mol. The number of nitrogens with zero attached hydrogens (tertiary/aromatic N) is 2. The van der Waals surface area contributed by atoms with Gasteiger partial charge in [-0.2, -0.15) is 0 Å². The summed E-state index contributed by atoms with van der Waals surface area (Å²) in [5.74, 6) is 1.19. The second kappa shape index (κ2) is 5.42.